The van der Waals surface area contributed by atoms with Gasteiger partial charge in [0, 0.05) is 19.6 Å². The van der Waals surface area contributed by atoms with Crippen molar-refractivity contribution in [1.29, 1.82) is 0 Å². The van der Waals surface area contributed by atoms with Gasteiger partial charge in [0.25, 0.3) is 0 Å². The first-order chi connectivity index (χ1) is 6.02. The number of nitrogens with one attached hydrogen (secondary N) is 1. The van der Waals surface area contributed by atoms with E-state index in [9.17, 15) is 4.79 Å². The third kappa shape index (κ3) is 1.63. The van der Waals surface area contributed by atoms with E-state index >= 15 is 0 Å². The molecule has 4 nitrogen and oxygen atoms in total. The smallest absolute Gasteiger partial charge is 0.318 e. The fraction of sp³-hybridized carbons (Fsp3) is 0.889. The van der Waals surface area contributed by atoms with E-state index in [0.29, 0.717) is 12.5 Å². The average molecular weight is 185 g/mol. The number of rotatable bonds is 3. The highest BCUT2D eigenvalue weighted by Crippen LogP contribution is 2.24. The molecule has 1 aliphatic heterocycles. The van der Waals surface area contributed by atoms with Crippen molar-refractivity contribution in [1.82, 2.24) is 10.2 Å². The predicted molar refractivity (Wildman–Crippen MR) is 52.4 cm³/mol. The Balaban J connectivity index is 2.81. The van der Waals surface area contributed by atoms with Crippen LogP contribution in [-0.2, 0) is 0 Å². The van der Waals surface area contributed by atoms with Gasteiger partial charge in [0.1, 0.15) is 0 Å². The molecule has 0 aromatic rings. The number of nitrogens with zero attached hydrogens (tertiary/aromatic N) is 1. The highest BCUT2D eigenvalue weighted by atomic mass is 16.2. The molecule has 0 spiro atoms. The average Bonchev–Trinajstić information content (AvgIpc) is 2.50. The number of urea groups is 1. The van der Waals surface area contributed by atoms with E-state index in [0.717, 1.165) is 13.1 Å². The van der Waals surface area contributed by atoms with Gasteiger partial charge in [0.15, 0.2) is 0 Å². The van der Waals surface area contributed by atoms with Gasteiger partial charge in [-0.3, -0.25) is 0 Å². The topological polar surface area (TPSA) is 58.4 Å². The first kappa shape index (κ1) is 10.3. The minimum atomic E-state index is -0.208. The third-order valence-electron chi connectivity index (χ3n) is 3.13. The molecule has 4 heteroatoms. The van der Waals surface area contributed by atoms with Gasteiger partial charge >= 0.3 is 6.03 Å². The van der Waals surface area contributed by atoms with Crippen LogP contribution in [-0.4, -0.2) is 36.1 Å². The maximum Gasteiger partial charge on any atom is 0.318 e. The third-order valence-corrected chi connectivity index (χ3v) is 3.13. The predicted octanol–water partition coefficient (Wildman–Crippen LogP) is 0.385. The molecule has 1 aliphatic rings. The molecule has 1 unspecified atom stereocenters. The Morgan fingerprint density at radius 2 is 2.31 bits per heavy atom. The Bertz CT molecular complexity index is 205. The zero-order valence-electron chi connectivity index (χ0n) is 8.63. The highest BCUT2D eigenvalue weighted by molar-refractivity contribution is 5.77. The maximum absolute atomic E-state index is 11.4. The van der Waals surface area contributed by atoms with E-state index in [1.54, 1.807) is 0 Å². The van der Waals surface area contributed by atoms with Crippen molar-refractivity contribution in [2.45, 2.75) is 26.3 Å². The highest BCUT2D eigenvalue weighted by Gasteiger charge is 2.39. The van der Waals surface area contributed by atoms with Crippen LogP contribution in [0, 0.1) is 5.92 Å². The van der Waals surface area contributed by atoms with Crippen molar-refractivity contribution < 1.29 is 4.79 Å². The van der Waals surface area contributed by atoms with E-state index in [-0.39, 0.29) is 11.6 Å². The molecule has 0 radical (unpaired) electrons. The largest absolute Gasteiger partial charge is 0.336 e. The van der Waals surface area contributed by atoms with Crippen LogP contribution in [0.2, 0.25) is 0 Å². The van der Waals surface area contributed by atoms with E-state index < -0.39 is 0 Å². The van der Waals surface area contributed by atoms with Crippen LogP contribution < -0.4 is 11.1 Å². The summed E-state index contributed by atoms with van der Waals surface area (Å²) < 4.78 is 0. The molecule has 0 bridgehead atoms. The lowest BCUT2D eigenvalue weighted by molar-refractivity contribution is 0.115. The van der Waals surface area contributed by atoms with E-state index in [2.05, 4.69) is 19.2 Å². The number of hydrogen-bond donors (Lipinski definition) is 2. The van der Waals surface area contributed by atoms with Gasteiger partial charge in [-0.1, -0.05) is 13.8 Å². The summed E-state index contributed by atoms with van der Waals surface area (Å²) >= 11 is 0. The van der Waals surface area contributed by atoms with Crippen molar-refractivity contribution in [3.8, 4) is 0 Å². The monoisotopic (exact) mass is 185 g/mol. The summed E-state index contributed by atoms with van der Waals surface area (Å²) in [5.41, 5.74) is 5.52. The van der Waals surface area contributed by atoms with Crippen LogP contribution in [0.1, 0.15) is 20.8 Å². The van der Waals surface area contributed by atoms with E-state index in [1.165, 1.54) is 0 Å². The zero-order valence-corrected chi connectivity index (χ0v) is 8.63. The Hall–Kier alpha value is -0.770. The van der Waals surface area contributed by atoms with Crippen LogP contribution in [0.15, 0.2) is 0 Å². The summed E-state index contributed by atoms with van der Waals surface area (Å²) in [4.78, 5) is 13.3. The quantitative estimate of drug-likeness (QED) is 0.668. The van der Waals surface area contributed by atoms with Gasteiger partial charge in [-0.2, -0.15) is 0 Å². The van der Waals surface area contributed by atoms with Gasteiger partial charge in [-0.05, 0) is 12.8 Å². The number of carbonyl (C=O) groups is 1. The molecular formula is C9H19N3O. The zero-order chi connectivity index (χ0) is 10.1. The minimum absolute atomic E-state index is 0.0154. The molecule has 0 saturated carbocycles. The molecule has 0 aromatic heterocycles. The first-order valence-corrected chi connectivity index (χ1v) is 4.78. The molecule has 0 aliphatic carbocycles. The molecule has 1 rings (SSSR count). The Kier molecular flexibility index (Phi) is 2.81. The van der Waals surface area contributed by atoms with Crippen molar-refractivity contribution in [3.05, 3.63) is 0 Å². The Morgan fingerprint density at radius 3 is 2.62 bits per heavy atom. The lowest BCUT2D eigenvalue weighted by Crippen LogP contribution is -2.56. The lowest BCUT2D eigenvalue weighted by atomic mass is 9.87. The SMILES string of the molecule is CC(C)C(C)(CN)N1CCNC1=O. The maximum atomic E-state index is 11.4. The van der Waals surface area contributed by atoms with Crippen LogP contribution in [0.25, 0.3) is 0 Å². The van der Waals surface area contributed by atoms with Crippen molar-refractivity contribution >= 4 is 6.03 Å². The van der Waals surface area contributed by atoms with Crippen molar-refractivity contribution in [2.24, 2.45) is 11.7 Å². The molecule has 0 aromatic carbocycles. The minimum Gasteiger partial charge on any atom is -0.336 e. The molecule has 2 amide bonds. The molecule has 1 saturated heterocycles. The molecule has 1 atom stereocenters. The van der Waals surface area contributed by atoms with Crippen LogP contribution >= 0.6 is 0 Å². The van der Waals surface area contributed by atoms with Crippen LogP contribution in [0.3, 0.4) is 0 Å². The number of carbonyl (C=O) groups excluding carboxylic acids is 1. The Labute approximate surface area is 79.5 Å². The number of amides is 2. The molecular weight excluding hydrogens is 166 g/mol. The second-order valence-electron chi connectivity index (χ2n) is 4.10. The number of nitrogens with two attached hydrogens (primary N) is 1. The molecule has 76 valence electrons. The lowest BCUT2D eigenvalue weighted by Gasteiger charge is -2.40. The van der Waals surface area contributed by atoms with Crippen molar-refractivity contribution in [3.63, 3.8) is 0 Å². The molecule has 1 heterocycles. The second-order valence-corrected chi connectivity index (χ2v) is 4.10. The summed E-state index contributed by atoms with van der Waals surface area (Å²) in [6, 6.07) is 0.0154. The van der Waals surface area contributed by atoms with Gasteiger partial charge in [0.05, 0.1) is 5.54 Å². The van der Waals surface area contributed by atoms with Gasteiger partial charge in [-0.25, -0.2) is 4.79 Å². The Morgan fingerprint density at radius 1 is 1.69 bits per heavy atom. The summed E-state index contributed by atoms with van der Waals surface area (Å²) in [6.07, 6.45) is 0. The standard InChI is InChI=1S/C9H19N3O/c1-7(2)9(3,6-10)12-5-4-11-8(12)13/h7H,4-6,10H2,1-3H3,(H,11,13). The van der Waals surface area contributed by atoms with Gasteiger partial charge < -0.3 is 16.0 Å². The summed E-state index contributed by atoms with van der Waals surface area (Å²) in [5.74, 6) is 0.376. The van der Waals surface area contributed by atoms with Crippen LogP contribution in [0.4, 0.5) is 4.79 Å². The molecule has 13 heavy (non-hydrogen) atoms. The first-order valence-electron chi connectivity index (χ1n) is 4.78. The molecule has 3 N–H and O–H groups in total. The number of hydrogen-bond acceptors (Lipinski definition) is 2. The summed E-state index contributed by atoms with van der Waals surface area (Å²) in [7, 11) is 0. The second kappa shape index (κ2) is 3.54. The van der Waals surface area contributed by atoms with E-state index in [1.807, 2.05) is 11.8 Å². The fourth-order valence-electron chi connectivity index (χ4n) is 1.62. The van der Waals surface area contributed by atoms with Crippen LogP contribution in [0.5, 0.6) is 0 Å². The van der Waals surface area contributed by atoms with Crippen molar-refractivity contribution in [2.75, 3.05) is 19.6 Å². The van der Waals surface area contributed by atoms with Gasteiger partial charge in [0.2, 0.25) is 0 Å². The normalized spacial score (nSPS) is 21.9. The summed E-state index contributed by atoms with van der Waals surface area (Å²) in [6.45, 7) is 8.25. The fourth-order valence-corrected chi connectivity index (χ4v) is 1.62. The molecule has 1 fully saturated rings. The van der Waals surface area contributed by atoms with E-state index in [4.69, 9.17) is 5.73 Å². The van der Waals surface area contributed by atoms with Gasteiger partial charge in [-0.15, -0.1) is 0 Å². The summed E-state index contributed by atoms with van der Waals surface area (Å²) in [5, 5.41) is 2.80.